The third kappa shape index (κ3) is 7.01. The smallest absolute Gasteiger partial charge is 0.410 e. The number of likely N-dealkylation sites (tertiary alicyclic amines) is 1. The number of benzene rings is 1. The van der Waals surface area contributed by atoms with E-state index in [0.29, 0.717) is 37.1 Å². The van der Waals surface area contributed by atoms with Gasteiger partial charge in [-0.05, 0) is 65.9 Å². The Balaban J connectivity index is 2.13. The van der Waals surface area contributed by atoms with Gasteiger partial charge in [-0.1, -0.05) is 36.4 Å². The minimum Gasteiger partial charge on any atom is -0.444 e. The van der Waals surface area contributed by atoms with Gasteiger partial charge in [0.1, 0.15) is 5.60 Å². The van der Waals surface area contributed by atoms with Crippen molar-refractivity contribution < 1.29 is 23.9 Å². The largest absolute Gasteiger partial charge is 0.444 e. The predicted molar refractivity (Wildman–Crippen MR) is 116 cm³/mol. The van der Waals surface area contributed by atoms with Crippen molar-refractivity contribution in [2.75, 3.05) is 13.1 Å². The Labute approximate surface area is 179 Å². The van der Waals surface area contributed by atoms with Gasteiger partial charge in [-0.3, -0.25) is 4.79 Å². The number of allylic oxidation sites excluding steroid dienone is 1. The third-order valence-corrected chi connectivity index (χ3v) is 4.70. The van der Waals surface area contributed by atoms with E-state index >= 15 is 0 Å². The van der Waals surface area contributed by atoms with E-state index in [1.54, 1.807) is 25.7 Å². The summed E-state index contributed by atoms with van der Waals surface area (Å²) in [5.74, 6) is -1.11. The predicted octanol–water partition coefficient (Wildman–Crippen LogP) is 4.83. The summed E-state index contributed by atoms with van der Waals surface area (Å²) in [7, 11) is 0. The molecule has 1 aliphatic rings. The molecule has 6 nitrogen and oxygen atoms in total. The van der Waals surface area contributed by atoms with Crippen LogP contribution in [0.15, 0.2) is 36.4 Å². The number of nitrogens with zero attached hydrogens (tertiary/aromatic N) is 1. The molecule has 0 saturated carbocycles. The summed E-state index contributed by atoms with van der Waals surface area (Å²) in [6.07, 6.45) is 2.97. The van der Waals surface area contributed by atoms with E-state index in [4.69, 9.17) is 9.47 Å². The SMILES string of the molecule is CC(C)(C)OC(=O)N1CCC(C=C(C(=O)OC(=O)C(C)(C)C)c2ccccc2)CC1. The maximum atomic E-state index is 12.8. The first kappa shape index (κ1) is 23.6. The van der Waals surface area contributed by atoms with Crippen LogP contribution in [-0.2, 0) is 19.1 Å². The summed E-state index contributed by atoms with van der Waals surface area (Å²) in [5.41, 5.74) is -0.212. The molecule has 6 heteroatoms. The lowest BCUT2D eigenvalue weighted by atomic mass is 9.92. The van der Waals surface area contributed by atoms with Crippen LogP contribution in [0.4, 0.5) is 4.79 Å². The molecule has 1 aromatic rings. The molecular weight excluding hydrogens is 382 g/mol. The monoisotopic (exact) mass is 415 g/mol. The Hall–Kier alpha value is -2.63. The maximum absolute atomic E-state index is 12.8. The van der Waals surface area contributed by atoms with Gasteiger partial charge < -0.3 is 14.4 Å². The van der Waals surface area contributed by atoms with Crippen LogP contribution in [0.2, 0.25) is 0 Å². The highest BCUT2D eigenvalue weighted by molar-refractivity contribution is 6.19. The van der Waals surface area contributed by atoms with Crippen LogP contribution in [0.1, 0.15) is 59.9 Å². The van der Waals surface area contributed by atoms with Gasteiger partial charge in [0.15, 0.2) is 0 Å². The van der Waals surface area contributed by atoms with E-state index in [2.05, 4.69) is 0 Å². The molecule has 1 amide bonds. The summed E-state index contributed by atoms with van der Waals surface area (Å²) >= 11 is 0. The van der Waals surface area contributed by atoms with Gasteiger partial charge in [0, 0.05) is 13.1 Å². The van der Waals surface area contributed by atoms with E-state index < -0.39 is 23.0 Å². The molecule has 1 aliphatic heterocycles. The molecule has 0 unspecified atom stereocenters. The molecular formula is C24H33NO5. The van der Waals surface area contributed by atoms with E-state index in [1.807, 2.05) is 57.2 Å². The summed E-state index contributed by atoms with van der Waals surface area (Å²) in [5, 5.41) is 0. The normalized spacial score (nSPS) is 16.2. The van der Waals surface area contributed by atoms with Crippen molar-refractivity contribution in [3.63, 3.8) is 0 Å². The lowest BCUT2D eigenvalue weighted by Crippen LogP contribution is -2.41. The van der Waals surface area contributed by atoms with Crippen LogP contribution < -0.4 is 0 Å². The molecule has 1 saturated heterocycles. The molecule has 30 heavy (non-hydrogen) atoms. The number of carbonyl (C=O) groups excluding carboxylic acids is 3. The lowest BCUT2D eigenvalue weighted by Gasteiger charge is -2.32. The highest BCUT2D eigenvalue weighted by Gasteiger charge is 2.30. The number of rotatable bonds is 3. The minimum absolute atomic E-state index is 0.0937. The quantitative estimate of drug-likeness (QED) is 0.401. The van der Waals surface area contributed by atoms with Crippen molar-refractivity contribution in [1.29, 1.82) is 0 Å². The zero-order chi connectivity index (χ0) is 22.5. The van der Waals surface area contributed by atoms with Crippen LogP contribution in [0.25, 0.3) is 5.57 Å². The Kier molecular flexibility index (Phi) is 7.45. The summed E-state index contributed by atoms with van der Waals surface area (Å²) in [6, 6.07) is 9.20. The van der Waals surface area contributed by atoms with Crippen molar-refractivity contribution in [2.24, 2.45) is 11.3 Å². The second kappa shape index (κ2) is 9.45. The second-order valence-corrected chi connectivity index (χ2v) is 9.68. The van der Waals surface area contributed by atoms with E-state index in [0.717, 1.165) is 0 Å². The molecule has 0 aliphatic carbocycles. The van der Waals surface area contributed by atoms with Crippen molar-refractivity contribution in [1.82, 2.24) is 4.90 Å². The number of amides is 1. The Morgan fingerprint density at radius 3 is 2.03 bits per heavy atom. The van der Waals surface area contributed by atoms with Crippen LogP contribution >= 0.6 is 0 Å². The molecule has 1 heterocycles. The summed E-state index contributed by atoms with van der Waals surface area (Å²) in [4.78, 5) is 39.0. The van der Waals surface area contributed by atoms with Gasteiger partial charge in [0.25, 0.3) is 0 Å². The molecule has 0 N–H and O–H groups in total. The Morgan fingerprint density at radius 1 is 0.967 bits per heavy atom. The molecule has 0 aromatic heterocycles. The fourth-order valence-electron chi connectivity index (χ4n) is 3.00. The number of hydrogen-bond donors (Lipinski definition) is 0. The standard InChI is InChI=1S/C24H33NO5/c1-23(2,3)21(27)29-20(26)19(18-10-8-7-9-11-18)16-17-12-14-25(15-13-17)22(28)30-24(4,5)6/h7-11,16-17H,12-15H2,1-6H3. The Morgan fingerprint density at radius 2 is 1.53 bits per heavy atom. The van der Waals surface area contributed by atoms with Crippen LogP contribution in [0, 0.1) is 11.3 Å². The third-order valence-electron chi connectivity index (χ3n) is 4.70. The highest BCUT2D eigenvalue weighted by atomic mass is 16.6. The molecule has 0 atom stereocenters. The van der Waals surface area contributed by atoms with Gasteiger partial charge in [0.05, 0.1) is 11.0 Å². The number of esters is 2. The summed E-state index contributed by atoms with van der Waals surface area (Å²) in [6.45, 7) is 11.8. The molecule has 1 aromatic carbocycles. The van der Waals surface area contributed by atoms with E-state index in [-0.39, 0.29) is 12.0 Å². The van der Waals surface area contributed by atoms with Crippen LogP contribution in [0.5, 0.6) is 0 Å². The second-order valence-electron chi connectivity index (χ2n) is 9.68. The van der Waals surface area contributed by atoms with Gasteiger partial charge in [-0.25, -0.2) is 9.59 Å². The average Bonchev–Trinajstić information content (AvgIpc) is 2.65. The highest BCUT2D eigenvalue weighted by Crippen LogP contribution is 2.27. The van der Waals surface area contributed by atoms with Crippen molar-refractivity contribution in [2.45, 2.75) is 60.0 Å². The minimum atomic E-state index is -0.768. The van der Waals surface area contributed by atoms with Crippen molar-refractivity contribution in [3.05, 3.63) is 42.0 Å². The average molecular weight is 416 g/mol. The molecule has 0 radical (unpaired) electrons. The van der Waals surface area contributed by atoms with Crippen molar-refractivity contribution >= 4 is 23.6 Å². The molecule has 0 bridgehead atoms. The van der Waals surface area contributed by atoms with Gasteiger partial charge >= 0.3 is 18.0 Å². The zero-order valence-corrected chi connectivity index (χ0v) is 18.9. The number of piperidine rings is 1. The van der Waals surface area contributed by atoms with Gasteiger partial charge in [-0.15, -0.1) is 0 Å². The summed E-state index contributed by atoms with van der Waals surface area (Å²) < 4.78 is 10.6. The fourth-order valence-corrected chi connectivity index (χ4v) is 3.00. The number of carbonyl (C=O) groups is 3. The number of hydrogen-bond acceptors (Lipinski definition) is 5. The van der Waals surface area contributed by atoms with Crippen LogP contribution in [0.3, 0.4) is 0 Å². The zero-order valence-electron chi connectivity index (χ0n) is 18.9. The molecule has 2 rings (SSSR count). The van der Waals surface area contributed by atoms with E-state index in [9.17, 15) is 14.4 Å². The fraction of sp³-hybridized carbons (Fsp3) is 0.542. The first-order valence-electron chi connectivity index (χ1n) is 10.4. The molecule has 0 spiro atoms. The van der Waals surface area contributed by atoms with Crippen LogP contribution in [-0.4, -0.2) is 41.6 Å². The maximum Gasteiger partial charge on any atom is 0.410 e. The van der Waals surface area contributed by atoms with Gasteiger partial charge in [-0.2, -0.15) is 0 Å². The van der Waals surface area contributed by atoms with E-state index in [1.165, 1.54) is 0 Å². The first-order chi connectivity index (χ1) is 13.9. The topological polar surface area (TPSA) is 72.9 Å². The lowest BCUT2D eigenvalue weighted by molar-refractivity contribution is -0.162. The molecule has 164 valence electrons. The van der Waals surface area contributed by atoms with Gasteiger partial charge in [0.2, 0.25) is 0 Å². The molecule has 1 fully saturated rings. The number of ether oxygens (including phenoxy) is 2. The Bertz CT molecular complexity index is 791. The first-order valence-corrected chi connectivity index (χ1v) is 10.4. The van der Waals surface area contributed by atoms with Crippen molar-refractivity contribution in [3.8, 4) is 0 Å².